The summed E-state index contributed by atoms with van der Waals surface area (Å²) in [6.45, 7) is 0.855. The smallest absolute Gasteiger partial charge is 0.251 e. The standard InChI is InChI=1S/C20H29N3O3.ClH/c1-26-17-7-5-13(6-8-17)19(24)22-9-10-23-20(25)16-11-14-3-2-4-15(12-16)18(14)21;/h5-8,14-16,18H,2-4,9-12,21H2,1H3,(H,22,24)(H,23,25);1H. The maximum absolute atomic E-state index is 12.4. The van der Waals surface area contributed by atoms with E-state index in [4.69, 9.17) is 10.5 Å². The second-order valence-electron chi connectivity index (χ2n) is 7.47. The number of methoxy groups -OCH3 is 1. The van der Waals surface area contributed by atoms with Crippen molar-refractivity contribution in [3.05, 3.63) is 29.8 Å². The molecule has 2 unspecified atom stereocenters. The lowest BCUT2D eigenvalue weighted by Gasteiger charge is -2.43. The highest BCUT2D eigenvalue weighted by molar-refractivity contribution is 5.94. The molecule has 2 atom stereocenters. The number of ether oxygens (including phenoxy) is 1. The molecule has 2 bridgehead atoms. The van der Waals surface area contributed by atoms with Gasteiger partial charge in [0.25, 0.3) is 5.91 Å². The predicted octanol–water partition coefficient (Wildman–Crippen LogP) is 2.12. The molecule has 0 aromatic heterocycles. The summed E-state index contributed by atoms with van der Waals surface area (Å²) in [5, 5.41) is 5.79. The molecule has 3 rings (SSSR count). The molecule has 2 fully saturated rings. The second-order valence-corrected chi connectivity index (χ2v) is 7.47. The number of hydrogen-bond acceptors (Lipinski definition) is 4. The Bertz CT molecular complexity index is 624. The van der Waals surface area contributed by atoms with E-state index in [1.54, 1.807) is 31.4 Å². The summed E-state index contributed by atoms with van der Waals surface area (Å²) >= 11 is 0. The lowest BCUT2D eigenvalue weighted by molar-refractivity contribution is -0.127. The molecule has 1 aromatic carbocycles. The first kappa shape index (κ1) is 21.5. The number of nitrogens with two attached hydrogens (primary N) is 1. The van der Waals surface area contributed by atoms with Crippen molar-refractivity contribution < 1.29 is 14.3 Å². The molecule has 7 heteroatoms. The van der Waals surface area contributed by atoms with Crippen LogP contribution in [0.2, 0.25) is 0 Å². The van der Waals surface area contributed by atoms with Gasteiger partial charge in [-0.05, 0) is 61.8 Å². The van der Waals surface area contributed by atoms with Gasteiger partial charge in [0.15, 0.2) is 0 Å². The fourth-order valence-corrected chi connectivity index (χ4v) is 4.35. The SMILES string of the molecule is COc1ccc(C(=O)NCCNC(=O)C2CC3CCCC(C2)C3N)cc1.Cl. The van der Waals surface area contributed by atoms with Crippen LogP contribution < -0.4 is 21.1 Å². The molecule has 2 amide bonds. The van der Waals surface area contributed by atoms with Gasteiger partial charge in [-0.3, -0.25) is 9.59 Å². The number of hydrogen-bond donors (Lipinski definition) is 3. The zero-order valence-corrected chi connectivity index (χ0v) is 16.6. The highest BCUT2D eigenvalue weighted by atomic mass is 35.5. The van der Waals surface area contributed by atoms with Crippen LogP contribution in [0.5, 0.6) is 5.75 Å². The Labute approximate surface area is 167 Å². The third-order valence-corrected chi connectivity index (χ3v) is 5.85. The summed E-state index contributed by atoms with van der Waals surface area (Å²) in [7, 11) is 1.59. The molecule has 1 aromatic rings. The molecular formula is C20H30ClN3O3. The number of halogens is 1. The maximum Gasteiger partial charge on any atom is 0.251 e. The Morgan fingerprint density at radius 1 is 1.07 bits per heavy atom. The lowest BCUT2D eigenvalue weighted by Crippen LogP contribution is -2.49. The van der Waals surface area contributed by atoms with E-state index in [-0.39, 0.29) is 36.2 Å². The van der Waals surface area contributed by atoms with Crippen molar-refractivity contribution >= 4 is 24.2 Å². The number of amides is 2. The minimum atomic E-state index is -0.153. The van der Waals surface area contributed by atoms with E-state index in [2.05, 4.69) is 10.6 Å². The Balaban J connectivity index is 0.00000261. The summed E-state index contributed by atoms with van der Waals surface area (Å²) in [5.41, 5.74) is 6.86. The van der Waals surface area contributed by atoms with Crippen LogP contribution in [0.25, 0.3) is 0 Å². The number of rotatable bonds is 6. The van der Waals surface area contributed by atoms with Crippen LogP contribution in [-0.4, -0.2) is 38.1 Å². The molecule has 0 heterocycles. The van der Waals surface area contributed by atoms with Crippen molar-refractivity contribution in [1.82, 2.24) is 10.6 Å². The van der Waals surface area contributed by atoms with E-state index in [1.807, 2.05) is 0 Å². The van der Waals surface area contributed by atoms with Gasteiger partial charge in [0, 0.05) is 30.6 Å². The third-order valence-electron chi connectivity index (χ3n) is 5.85. The van der Waals surface area contributed by atoms with Gasteiger partial charge in [-0.15, -0.1) is 12.4 Å². The Kier molecular flexibility index (Phi) is 7.92. The quantitative estimate of drug-likeness (QED) is 0.643. The van der Waals surface area contributed by atoms with Crippen LogP contribution in [0.15, 0.2) is 24.3 Å². The largest absolute Gasteiger partial charge is 0.497 e. The van der Waals surface area contributed by atoms with E-state index >= 15 is 0 Å². The van der Waals surface area contributed by atoms with Crippen molar-refractivity contribution in [3.63, 3.8) is 0 Å². The van der Waals surface area contributed by atoms with Gasteiger partial charge in [0.1, 0.15) is 5.75 Å². The molecule has 0 spiro atoms. The van der Waals surface area contributed by atoms with Gasteiger partial charge in [0.05, 0.1) is 7.11 Å². The number of fused-ring (bicyclic) bond motifs is 2. The third kappa shape index (κ3) is 5.36. The highest BCUT2D eigenvalue weighted by Crippen LogP contribution is 2.41. The second kappa shape index (κ2) is 9.95. The fraction of sp³-hybridized carbons (Fsp3) is 0.600. The Morgan fingerprint density at radius 2 is 1.67 bits per heavy atom. The monoisotopic (exact) mass is 395 g/mol. The normalized spacial score (nSPS) is 26.4. The minimum absolute atomic E-state index is 0. The van der Waals surface area contributed by atoms with Crippen molar-refractivity contribution in [1.29, 1.82) is 0 Å². The molecule has 2 saturated carbocycles. The van der Waals surface area contributed by atoms with Crippen LogP contribution in [-0.2, 0) is 4.79 Å². The van der Waals surface area contributed by atoms with Crippen LogP contribution in [0.4, 0.5) is 0 Å². The van der Waals surface area contributed by atoms with E-state index in [0.717, 1.165) is 25.7 Å². The zero-order chi connectivity index (χ0) is 18.5. The van der Waals surface area contributed by atoms with Crippen LogP contribution in [0, 0.1) is 17.8 Å². The van der Waals surface area contributed by atoms with Gasteiger partial charge in [-0.25, -0.2) is 0 Å². The summed E-state index contributed by atoms with van der Waals surface area (Å²) in [4.78, 5) is 24.5. The average molecular weight is 396 g/mol. The number of carbonyl (C=O) groups excluding carboxylic acids is 2. The number of nitrogens with one attached hydrogen (secondary N) is 2. The summed E-state index contributed by atoms with van der Waals surface area (Å²) < 4.78 is 5.08. The van der Waals surface area contributed by atoms with Crippen LogP contribution >= 0.6 is 12.4 Å². The molecular weight excluding hydrogens is 366 g/mol. The van der Waals surface area contributed by atoms with Crippen molar-refractivity contribution in [2.75, 3.05) is 20.2 Å². The summed E-state index contributed by atoms with van der Waals surface area (Å²) in [5.74, 6) is 1.72. The van der Waals surface area contributed by atoms with Gasteiger partial charge < -0.3 is 21.1 Å². The highest BCUT2D eigenvalue weighted by Gasteiger charge is 2.40. The van der Waals surface area contributed by atoms with E-state index in [9.17, 15) is 9.59 Å². The van der Waals surface area contributed by atoms with Gasteiger partial charge in [-0.1, -0.05) is 6.42 Å². The van der Waals surface area contributed by atoms with Crippen LogP contribution in [0.3, 0.4) is 0 Å². The first-order chi connectivity index (χ1) is 12.6. The molecule has 0 radical (unpaired) electrons. The van der Waals surface area contributed by atoms with Gasteiger partial charge in [0.2, 0.25) is 5.91 Å². The number of carbonyl (C=O) groups is 2. The molecule has 6 nitrogen and oxygen atoms in total. The number of benzene rings is 1. The lowest BCUT2D eigenvalue weighted by atomic mass is 9.65. The molecule has 4 N–H and O–H groups in total. The van der Waals surface area contributed by atoms with Crippen LogP contribution in [0.1, 0.15) is 42.5 Å². The molecule has 0 aliphatic heterocycles. The maximum atomic E-state index is 12.4. The first-order valence-corrected chi connectivity index (χ1v) is 9.54. The molecule has 27 heavy (non-hydrogen) atoms. The Morgan fingerprint density at radius 3 is 2.26 bits per heavy atom. The van der Waals surface area contributed by atoms with E-state index in [0.29, 0.717) is 36.2 Å². The summed E-state index contributed by atoms with van der Waals surface area (Å²) in [6.07, 6.45) is 5.36. The molecule has 0 saturated heterocycles. The van der Waals surface area contributed by atoms with E-state index in [1.165, 1.54) is 6.42 Å². The molecule has 2 aliphatic rings. The minimum Gasteiger partial charge on any atom is -0.497 e. The topological polar surface area (TPSA) is 93.5 Å². The zero-order valence-electron chi connectivity index (χ0n) is 15.8. The molecule has 2 aliphatic carbocycles. The Hall–Kier alpha value is -1.79. The predicted molar refractivity (Wildman–Crippen MR) is 107 cm³/mol. The van der Waals surface area contributed by atoms with Gasteiger partial charge in [-0.2, -0.15) is 0 Å². The average Bonchev–Trinajstić information content (AvgIpc) is 2.64. The first-order valence-electron chi connectivity index (χ1n) is 9.54. The fourth-order valence-electron chi connectivity index (χ4n) is 4.35. The van der Waals surface area contributed by atoms with Crippen molar-refractivity contribution in [2.45, 2.75) is 38.1 Å². The molecule has 150 valence electrons. The van der Waals surface area contributed by atoms with Crippen molar-refractivity contribution in [3.8, 4) is 5.75 Å². The summed E-state index contributed by atoms with van der Waals surface area (Å²) in [6, 6.07) is 7.22. The van der Waals surface area contributed by atoms with Crippen molar-refractivity contribution in [2.24, 2.45) is 23.5 Å². The van der Waals surface area contributed by atoms with E-state index < -0.39 is 0 Å². The van der Waals surface area contributed by atoms with Gasteiger partial charge >= 0.3 is 0 Å².